The molecule has 1 aliphatic heterocycles. The van der Waals surface area contributed by atoms with Crippen molar-refractivity contribution in [2.24, 2.45) is 5.92 Å². The van der Waals surface area contributed by atoms with E-state index >= 15 is 0 Å². The van der Waals surface area contributed by atoms with Gasteiger partial charge in [0.05, 0.1) is 10.6 Å². The predicted molar refractivity (Wildman–Crippen MR) is 160 cm³/mol. The molecular formula is C31H30N6O4S. The predicted octanol–water partition coefficient (Wildman–Crippen LogP) is 4.38. The number of sulfonamides is 1. The molecule has 2 fully saturated rings. The Hall–Kier alpha value is -4.77. The number of rotatable bonds is 8. The summed E-state index contributed by atoms with van der Waals surface area (Å²) in [5.41, 5.74) is 3.21. The molecule has 1 aliphatic carbocycles. The summed E-state index contributed by atoms with van der Waals surface area (Å²) in [6, 6.07) is 24.1. The molecule has 0 bridgehead atoms. The van der Waals surface area contributed by atoms with Gasteiger partial charge in [0.1, 0.15) is 0 Å². The molecule has 1 saturated heterocycles. The number of aromatic nitrogens is 2. The van der Waals surface area contributed by atoms with E-state index in [0.717, 1.165) is 24.1 Å². The average Bonchev–Trinajstić information content (AvgIpc) is 3.88. The van der Waals surface area contributed by atoms with Crippen molar-refractivity contribution in [3.63, 3.8) is 0 Å². The van der Waals surface area contributed by atoms with Gasteiger partial charge in [0, 0.05) is 60.8 Å². The first-order valence-corrected chi connectivity index (χ1v) is 15.3. The zero-order valence-corrected chi connectivity index (χ0v) is 23.6. The van der Waals surface area contributed by atoms with Crippen LogP contribution in [-0.2, 0) is 14.8 Å². The van der Waals surface area contributed by atoms with Gasteiger partial charge in [-0.1, -0.05) is 30.3 Å². The van der Waals surface area contributed by atoms with E-state index in [-0.39, 0.29) is 22.6 Å². The highest BCUT2D eigenvalue weighted by Crippen LogP contribution is 2.31. The minimum absolute atomic E-state index is 0.0483. The summed E-state index contributed by atoms with van der Waals surface area (Å²) in [5, 5.41) is 3.17. The van der Waals surface area contributed by atoms with Crippen molar-refractivity contribution < 1.29 is 18.0 Å². The number of piperazine rings is 1. The Kier molecular flexibility index (Phi) is 7.58. The van der Waals surface area contributed by atoms with Crippen LogP contribution in [-0.4, -0.2) is 66.2 Å². The van der Waals surface area contributed by atoms with Crippen LogP contribution in [0.1, 0.15) is 23.2 Å². The second kappa shape index (κ2) is 11.6. The van der Waals surface area contributed by atoms with Crippen molar-refractivity contribution in [1.29, 1.82) is 0 Å². The zero-order chi connectivity index (χ0) is 29.1. The van der Waals surface area contributed by atoms with E-state index in [1.54, 1.807) is 83.9 Å². The summed E-state index contributed by atoms with van der Waals surface area (Å²) >= 11 is 0. The fourth-order valence-corrected chi connectivity index (χ4v) is 5.91. The van der Waals surface area contributed by atoms with Crippen LogP contribution in [0.4, 0.5) is 17.3 Å². The maximum atomic E-state index is 13.0. The highest BCUT2D eigenvalue weighted by molar-refractivity contribution is 7.92. The van der Waals surface area contributed by atoms with Crippen molar-refractivity contribution in [2.75, 3.05) is 36.2 Å². The molecule has 2 aliphatic rings. The van der Waals surface area contributed by atoms with E-state index in [0.29, 0.717) is 49.1 Å². The Morgan fingerprint density at radius 1 is 0.762 bits per heavy atom. The minimum atomic E-state index is -3.68. The largest absolute Gasteiger partial charge is 0.339 e. The molecule has 6 rings (SSSR count). The van der Waals surface area contributed by atoms with Gasteiger partial charge in [0.15, 0.2) is 0 Å². The number of benzene rings is 3. The van der Waals surface area contributed by atoms with Crippen LogP contribution in [0.25, 0.3) is 11.3 Å². The lowest BCUT2D eigenvalue weighted by Crippen LogP contribution is -2.51. The third-order valence-corrected chi connectivity index (χ3v) is 8.73. The van der Waals surface area contributed by atoms with Gasteiger partial charge < -0.3 is 15.1 Å². The van der Waals surface area contributed by atoms with E-state index in [1.165, 1.54) is 0 Å². The summed E-state index contributed by atoms with van der Waals surface area (Å²) in [6.07, 6.45) is 3.62. The number of anilines is 3. The van der Waals surface area contributed by atoms with Gasteiger partial charge in [-0.25, -0.2) is 18.4 Å². The van der Waals surface area contributed by atoms with Crippen LogP contribution < -0.4 is 10.0 Å². The summed E-state index contributed by atoms with van der Waals surface area (Å²) in [7, 11) is -3.68. The molecule has 0 atom stereocenters. The Labute approximate surface area is 244 Å². The fourth-order valence-electron chi connectivity index (χ4n) is 4.83. The molecule has 10 nitrogen and oxygen atoms in total. The van der Waals surface area contributed by atoms with Crippen LogP contribution in [0, 0.1) is 5.92 Å². The fraction of sp³-hybridized carbons (Fsp3) is 0.226. The Morgan fingerprint density at radius 2 is 1.40 bits per heavy atom. The molecule has 1 aromatic heterocycles. The zero-order valence-electron chi connectivity index (χ0n) is 22.8. The molecule has 4 aromatic rings. The third-order valence-electron chi connectivity index (χ3n) is 7.34. The smallest absolute Gasteiger partial charge is 0.261 e. The number of hydrogen-bond donors (Lipinski definition) is 2. The molecule has 2 heterocycles. The van der Waals surface area contributed by atoms with E-state index in [2.05, 4.69) is 20.0 Å². The maximum absolute atomic E-state index is 13.0. The van der Waals surface area contributed by atoms with Crippen LogP contribution in [0.5, 0.6) is 0 Å². The normalized spacial score (nSPS) is 15.2. The molecular weight excluding hydrogens is 552 g/mol. The van der Waals surface area contributed by atoms with Crippen molar-refractivity contribution in [2.45, 2.75) is 17.7 Å². The number of amides is 2. The van der Waals surface area contributed by atoms with Crippen molar-refractivity contribution in [1.82, 2.24) is 19.8 Å². The Bertz CT molecular complexity index is 1680. The Morgan fingerprint density at radius 3 is 2.07 bits per heavy atom. The van der Waals surface area contributed by atoms with Gasteiger partial charge in [-0.15, -0.1) is 0 Å². The molecule has 3 aromatic carbocycles. The first-order chi connectivity index (χ1) is 20.4. The molecule has 0 spiro atoms. The SMILES string of the molecule is O=C(c1ccc(Nc2nccc(-c3ccc(NS(=O)(=O)c4ccccc4)cc3)n2)cc1)N1CCN(C(=O)C2CC2)CC1. The molecule has 42 heavy (non-hydrogen) atoms. The second-order valence-corrected chi connectivity index (χ2v) is 12.0. The monoisotopic (exact) mass is 582 g/mol. The first-order valence-electron chi connectivity index (χ1n) is 13.8. The lowest BCUT2D eigenvalue weighted by Gasteiger charge is -2.35. The molecule has 11 heteroatoms. The van der Waals surface area contributed by atoms with Gasteiger partial charge >= 0.3 is 0 Å². The minimum Gasteiger partial charge on any atom is -0.339 e. The summed E-state index contributed by atoms with van der Waals surface area (Å²) < 4.78 is 27.8. The topological polar surface area (TPSA) is 125 Å². The molecule has 214 valence electrons. The Balaban J connectivity index is 1.06. The van der Waals surface area contributed by atoms with Crippen molar-refractivity contribution in [3.05, 3.63) is 96.7 Å². The van der Waals surface area contributed by atoms with E-state index in [9.17, 15) is 18.0 Å². The molecule has 1 saturated carbocycles. The first kappa shape index (κ1) is 27.4. The highest BCUT2D eigenvalue weighted by atomic mass is 32.2. The molecule has 0 unspecified atom stereocenters. The second-order valence-electron chi connectivity index (χ2n) is 10.4. The van der Waals surface area contributed by atoms with E-state index in [4.69, 9.17) is 0 Å². The van der Waals surface area contributed by atoms with Gasteiger partial charge in [0.25, 0.3) is 15.9 Å². The number of carbonyl (C=O) groups is 2. The third kappa shape index (κ3) is 6.26. The van der Waals surface area contributed by atoms with E-state index < -0.39 is 10.0 Å². The standard InChI is InChI=1S/C31H30N6O4S/c38-29(23-6-7-23)36-18-20-37(21-19-36)30(39)24-10-12-25(13-11-24)33-31-32-17-16-28(34-31)22-8-14-26(15-9-22)35-42(40,41)27-4-2-1-3-5-27/h1-5,8-17,23,35H,6-7,18-21H2,(H,32,33,34). The summed E-state index contributed by atoms with van der Waals surface area (Å²) in [6.45, 7) is 2.25. The summed E-state index contributed by atoms with van der Waals surface area (Å²) in [4.78, 5) is 38.1. The molecule has 2 N–H and O–H groups in total. The lowest BCUT2D eigenvalue weighted by molar-refractivity contribution is -0.134. The van der Waals surface area contributed by atoms with Crippen molar-refractivity contribution >= 4 is 39.2 Å². The van der Waals surface area contributed by atoms with Crippen LogP contribution in [0.3, 0.4) is 0 Å². The van der Waals surface area contributed by atoms with Gasteiger partial charge in [-0.3, -0.25) is 14.3 Å². The number of nitrogens with zero attached hydrogens (tertiary/aromatic N) is 4. The maximum Gasteiger partial charge on any atom is 0.261 e. The quantitative estimate of drug-likeness (QED) is 0.316. The van der Waals surface area contributed by atoms with Gasteiger partial charge in [-0.2, -0.15) is 0 Å². The molecule has 2 amide bonds. The number of hydrogen-bond acceptors (Lipinski definition) is 7. The van der Waals surface area contributed by atoms with E-state index in [1.807, 2.05) is 17.0 Å². The van der Waals surface area contributed by atoms with Crippen molar-refractivity contribution in [3.8, 4) is 11.3 Å². The van der Waals surface area contributed by atoms with Gasteiger partial charge in [-0.05, 0) is 67.4 Å². The average molecular weight is 583 g/mol. The van der Waals surface area contributed by atoms with Crippen LogP contribution in [0.2, 0.25) is 0 Å². The highest BCUT2D eigenvalue weighted by Gasteiger charge is 2.35. The number of carbonyl (C=O) groups excluding carboxylic acids is 2. The molecule has 0 radical (unpaired) electrons. The van der Waals surface area contributed by atoms with Gasteiger partial charge in [0.2, 0.25) is 11.9 Å². The number of nitrogens with one attached hydrogen (secondary N) is 2. The van der Waals surface area contributed by atoms with Crippen LogP contribution in [0.15, 0.2) is 96.0 Å². The summed E-state index contributed by atoms with van der Waals surface area (Å²) in [5.74, 6) is 0.767. The van der Waals surface area contributed by atoms with Crippen LogP contribution >= 0.6 is 0 Å². The lowest BCUT2D eigenvalue weighted by atomic mass is 10.1.